The molecule has 0 saturated carbocycles. The van der Waals surface area contributed by atoms with Gasteiger partial charge in [0.1, 0.15) is 0 Å². The molecule has 1 aliphatic heterocycles. The number of hydrogen-bond acceptors (Lipinski definition) is 6. The molecule has 0 unspecified atom stereocenters. The second kappa shape index (κ2) is 8.06. The monoisotopic (exact) mass is 428 g/mol. The molecule has 1 heterocycles. The fraction of sp³-hybridized carbons (Fsp3) is 0.100. The minimum atomic E-state index is -1.30. The quantitative estimate of drug-likeness (QED) is 0.551. The molecule has 2 aromatic carbocycles. The van der Waals surface area contributed by atoms with Crippen molar-refractivity contribution in [2.24, 2.45) is 0 Å². The molecule has 29 heavy (non-hydrogen) atoms. The van der Waals surface area contributed by atoms with Gasteiger partial charge in [0.25, 0.3) is 5.91 Å². The molecule has 7 nitrogen and oxygen atoms in total. The fourth-order valence-electron chi connectivity index (χ4n) is 2.70. The van der Waals surface area contributed by atoms with Gasteiger partial charge in [0, 0.05) is 19.8 Å². The van der Waals surface area contributed by atoms with E-state index in [9.17, 15) is 24.6 Å². The van der Waals surface area contributed by atoms with Crippen LogP contribution in [-0.4, -0.2) is 46.5 Å². The molecule has 9 heteroatoms. The van der Waals surface area contributed by atoms with Gasteiger partial charge >= 0.3 is 11.9 Å². The van der Waals surface area contributed by atoms with Crippen molar-refractivity contribution >= 4 is 63.6 Å². The van der Waals surface area contributed by atoms with Crippen LogP contribution in [0.3, 0.4) is 0 Å². The second-order valence-corrected chi connectivity index (χ2v) is 8.06. The third kappa shape index (κ3) is 4.30. The Kier molecular flexibility index (Phi) is 5.71. The zero-order valence-corrected chi connectivity index (χ0v) is 17.1. The summed E-state index contributed by atoms with van der Waals surface area (Å²) in [5, 5.41) is 18.5. The molecule has 2 N–H and O–H groups in total. The number of carboxylic acids is 2. The number of carbonyl (C=O) groups is 3. The Hall–Kier alpha value is -3.17. The van der Waals surface area contributed by atoms with E-state index in [1.807, 2.05) is 43.3 Å². The van der Waals surface area contributed by atoms with E-state index in [0.29, 0.717) is 4.91 Å². The van der Waals surface area contributed by atoms with Crippen LogP contribution in [0.5, 0.6) is 0 Å². The number of nitrogens with zero attached hydrogens (tertiary/aromatic N) is 2. The number of anilines is 2. The van der Waals surface area contributed by atoms with Crippen LogP contribution >= 0.6 is 24.0 Å². The van der Waals surface area contributed by atoms with Gasteiger partial charge < -0.3 is 15.1 Å². The summed E-state index contributed by atoms with van der Waals surface area (Å²) in [4.78, 5) is 39.1. The Balaban J connectivity index is 1.97. The Morgan fingerprint density at radius 1 is 1.03 bits per heavy atom. The maximum Gasteiger partial charge on any atom is 0.335 e. The fourth-order valence-corrected chi connectivity index (χ4v) is 4.00. The van der Waals surface area contributed by atoms with E-state index >= 15 is 0 Å². The van der Waals surface area contributed by atoms with Crippen molar-refractivity contribution in [3.05, 3.63) is 64.1 Å². The zero-order valence-electron chi connectivity index (χ0n) is 15.4. The number of benzene rings is 2. The highest BCUT2D eigenvalue weighted by molar-refractivity contribution is 8.27. The largest absolute Gasteiger partial charge is 0.478 e. The van der Waals surface area contributed by atoms with Crippen molar-refractivity contribution in [3.63, 3.8) is 0 Å². The summed E-state index contributed by atoms with van der Waals surface area (Å²) in [6.07, 6.45) is 1.69. The first-order chi connectivity index (χ1) is 13.7. The van der Waals surface area contributed by atoms with Gasteiger partial charge in [0.05, 0.1) is 21.7 Å². The molecule has 3 rings (SSSR count). The van der Waals surface area contributed by atoms with Crippen molar-refractivity contribution in [1.29, 1.82) is 0 Å². The number of thiocarbonyl (C=S) groups is 1. The summed E-state index contributed by atoms with van der Waals surface area (Å²) in [6, 6.07) is 11.1. The third-order valence-electron chi connectivity index (χ3n) is 4.17. The predicted octanol–water partition coefficient (Wildman–Crippen LogP) is 3.55. The lowest BCUT2D eigenvalue weighted by Gasteiger charge is -2.16. The second-order valence-electron chi connectivity index (χ2n) is 6.38. The van der Waals surface area contributed by atoms with Crippen LogP contribution in [0.25, 0.3) is 6.08 Å². The molecule has 1 amide bonds. The SMILES string of the molecule is CN(C)c1ccc(/C=C2\SC(=S)N(c3cc(C(=O)O)cc(C(=O)O)c3)C2=O)cc1. The Bertz CT molecular complexity index is 1030. The smallest absolute Gasteiger partial charge is 0.335 e. The highest BCUT2D eigenvalue weighted by atomic mass is 32.2. The van der Waals surface area contributed by atoms with Gasteiger partial charge in [0.2, 0.25) is 0 Å². The number of carboxylic acid groups (broad SMARTS) is 2. The van der Waals surface area contributed by atoms with E-state index in [4.69, 9.17) is 12.2 Å². The summed E-state index contributed by atoms with van der Waals surface area (Å²) in [5.74, 6) is -3.02. The minimum Gasteiger partial charge on any atom is -0.478 e. The first kappa shape index (κ1) is 20.6. The van der Waals surface area contributed by atoms with Gasteiger partial charge in [-0.25, -0.2) is 9.59 Å². The van der Waals surface area contributed by atoms with Gasteiger partial charge in [-0.3, -0.25) is 9.69 Å². The average Bonchev–Trinajstić information content (AvgIpc) is 2.94. The Labute approximate surface area is 176 Å². The number of aromatic carboxylic acids is 2. The van der Waals surface area contributed by atoms with Gasteiger partial charge in [-0.15, -0.1) is 0 Å². The van der Waals surface area contributed by atoms with Crippen molar-refractivity contribution in [2.75, 3.05) is 23.9 Å². The van der Waals surface area contributed by atoms with E-state index < -0.39 is 17.8 Å². The summed E-state index contributed by atoms with van der Waals surface area (Å²) >= 11 is 6.37. The van der Waals surface area contributed by atoms with Gasteiger partial charge in [-0.05, 0) is 42.0 Å². The van der Waals surface area contributed by atoms with Gasteiger partial charge in [-0.1, -0.05) is 36.1 Å². The highest BCUT2D eigenvalue weighted by Gasteiger charge is 2.34. The summed E-state index contributed by atoms with van der Waals surface area (Å²) in [5.41, 5.74) is 1.45. The predicted molar refractivity (Wildman–Crippen MR) is 117 cm³/mol. The van der Waals surface area contributed by atoms with Crippen molar-refractivity contribution in [3.8, 4) is 0 Å². The summed E-state index contributed by atoms with van der Waals surface area (Å²) < 4.78 is 0.199. The molecule has 0 aliphatic carbocycles. The molecule has 1 saturated heterocycles. The first-order valence-electron chi connectivity index (χ1n) is 8.34. The summed E-state index contributed by atoms with van der Waals surface area (Å²) in [7, 11) is 3.85. The highest BCUT2D eigenvalue weighted by Crippen LogP contribution is 2.37. The van der Waals surface area contributed by atoms with E-state index in [0.717, 1.165) is 34.0 Å². The standard InChI is InChI=1S/C20H16N2O5S2/c1-21(2)14-5-3-11(4-6-14)7-16-17(23)22(20(28)29-16)15-9-12(18(24)25)8-13(10-15)19(26)27/h3-10H,1-2H3,(H,24,25)(H,26,27)/b16-7-. The molecule has 0 bridgehead atoms. The number of amides is 1. The number of thioether (sulfide) groups is 1. The number of carbonyl (C=O) groups excluding carboxylic acids is 1. The van der Waals surface area contributed by atoms with Crippen molar-refractivity contribution in [2.45, 2.75) is 0 Å². The molecule has 0 aromatic heterocycles. The lowest BCUT2D eigenvalue weighted by Crippen LogP contribution is -2.28. The molecule has 0 spiro atoms. The third-order valence-corrected chi connectivity index (χ3v) is 5.47. The lowest BCUT2D eigenvalue weighted by atomic mass is 10.1. The maximum absolute atomic E-state index is 12.9. The lowest BCUT2D eigenvalue weighted by molar-refractivity contribution is -0.113. The van der Waals surface area contributed by atoms with Gasteiger partial charge in [0.15, 0.2) is 4.32 Å². The molecular formula is C20H16N2O5S2. The van der Waals surface area contributed by atoms with Crippen LogP contribution in [0, 0.1) is 0 Å². The first-order valence-corrected chi connectivity index (χ1v) is 9.57. The van der Waals surface area contributed by atoms with Crippen LogP contribution in [-0.2, 0) is 4.79 Å². The maximum atomic E-state index is 12.9. The minimum absolute atomic E-state index is 0.108. The molecule has 1 aliphatic rings. The van der Waals surface area contributed by atoms with E-state index in [1.54, 1.807) is 6.08 Å². The molecule has 1 fully saturated rings. The number of hydrogen-bond donors (Lipinski definition) is 2. The number of rotatable bonds is 5. The molecule has 148 valence electrons. The Morgan fingerprint density at radius 3 is 2.07 bits per heavy atom. The van der Waals surface area contributed by atoms with Crippen molar-refractivity contribution in [1.82, 2.24) is 0 Å². The van der Waals surface area contributed by atoms with Crippen LogP contribution in [0.1, 0.15) is 26.3 Å². The molecular weight excluding hydrogens is 412 g/mol. The van der Waals surface area contributed by atoms with Crippen LogP contribution in [0.2, 0.25) is 0 Å². The summed E-state index contributed by atoms with van der Waals surface area (Å²) in [6.45, 7) is 0. The van der Waals surface area contributed by atoms with Crippen LogP contribution in [0.15, 0.2) is 47.4 Å². The molecule has 2 aromatic rings. The van der Waals surface area contributed by atoms with E-state index in [2.05, 4.69) is 0 Å². The van der Waals surface area contributed by atoms with Crippen LogP contribution in [0.4, 0.5) is 11.4 Å². The average molecular weight is 428 g/mol. The van der Waals surface area contributed by atoms with Gasteiger partial charge in [-0.2, -0.15) is 0 Å². The molecule has 0 radical (unpaired) electrons. The van der Waals surface area contributed by atoms with Crippen molar-refractivity contribution < 1.29 is 24.6 Å². The molecule has 0 atom stereocenters. The van der Waals surface area contributed by atoms with Crippen LogP contribution < -0.4 is 9.80 Å². The topological polar surface area (TPSA) is 98.2 Å². The van der Waals surface area contributed by atoms with E-state index in [1.165, 1.54) is 12.1 Å². The Morgan fingerprint density at radius 2 is 1.59 bits per heavy atom. The normalized spacial score (nSPS) is 15.1. The van der Waals surface area contributed by atoms with E-state index in [-0.39, 0.29) is 21.1 Å². The zero-order chi connectivity index (χ0) is 21.3.